The van der Waals surface area contributed by atoms with Crippen LogP contribution in [0.1, 0.15) is 16.7 Å². The molecule has 2 amide bonds. The lowest BCUT2D eigenvalue weighted by Gasteiger charge is -2.08. The van der Waals surface area contributed by atoms with E-state index in [4.69, 9.17) is 4.74 Å². The summed E-state index contributed by atoms with van der Waals surface area (Å²) in [7, 11) is 0. The number of imide groups is 1. The van der Waals surface area contributed by atoms with Crippen LogP contribution in [-0.2, 0) is 22.7 Å². The number of hydrogen-bond donors (Lipinski definition) is 1. The molecular weight excluding hydrogens is 388 g/mol. The number of carbonyl (C=O) groups is 2. The van der Waals surface area contributed by atoms with Crippen molar-refractivity contribution in [3.63, 3.8) is 0 Å². The summed E-state index contributed by atoms with van der Waals surface area (Å²) in [5, 5.41) is 3.21. The van der Waals surface area contributed by atoms with Crippen LogP contribution in [-0.4, -0.2) is 16.4 Å². The normalized spacial score (nSPS) is 13.4. The van der Waals surface area contributed by atoms with Crippen molar-refractivity contribution in [2.75, 3.05) is 0 Å². The monoisotopic (exact) mass is 408 g/mol. The molecule has 4 aromatic rings. The Bertz CT molecular complexity index is 1300. The van der Waals surface area contributed by atoms with E-state index < -0.39 is 0 Å². The van der Waals surface area contributed by atoms with Gasteiger partial charge in [-0.15, -0.1) is 0 Å². The van der Waals surface area contributed by atoms with Gasteiger partial charge in [0.05, 0.1) is 5.57 Å². The fourth-order valence-electron chi connectivity index (χ4n) is 3.84. The standard InChI is InChI=1S/C26H20N2O3/c29-25-14-22(26(30)27-25)23-16-28(15-18-7-3-1-4-8-18)24-12-11-20(13-21(23)24)31-17-19-9-5-2-6-10-19/h1-14,16H,15,17H2,(H,27,29,30). The molecule has 0 fully saturated rings. The molecule has 5 nitrogen and oxygen atoms in total. The molecule has 1 aromatic heterocycles. The van der Waals surface area contributed by atoms with Crippen molar-refractivity contribution >= 4 is 28.3 Å². The Morgan fingerprint density at radius 1 is 0.839 bits per heavy atom. The van der Waals surface area contributed by atoms with E-state index in [0.29, 0.717) is 24.5 Å². The topological polar surface area (TPSA) is 60.3 Å². The van der Waals surface area contributed by atoms with Crippen molar-refractivity contribution in [3.05, 3.63) is 108 Å². The van der Waals surface area contributed by atoms with E-state index in [1.54, 1.807) is 0 Å². The number of rotatable bonds is 6. The van der Waals surface area contributed by atoms with Crippen molar-refractivity contribution in [3.8, 4) is 5.75 Å². The Morgan fingerprint density at radius 3 is 2.23 bits per heavy atom. The molecule has 0 bridgehead atoms. The Hall–Kier alpha value is -4.12. The van der Waals surface area contributed by atoms with E-state index in [2.05, 4.69) is 22.0 Å². The predicted molar refractivity (Wildman–Crippen MR) is 119 cm³/mol. The number of benzene rings is 3. The van der Waals surface area contributed by atoms with Crippen LogP contribution < -0.4 is 10.1 Å². The highest BCUT2D eigenvalue weighted by molar-refractivity contribution is 6.35. The van der Waals surface area contributed by atoms with Gasteiger partial charge in [0, 0.05) is 35.3 Å². The zero-order chi connectivity index (χ0) is 21.2. The Labute approximate surface area is 179 Å². The molecule has 0 aliphatic carbocycles. The second-order valence-electron chi connectivity index (χ2n) is 7.49. The smallest absolute Gasteiger partial charge is 0.258 e. The minimum absolute atomic E-state index is 0.376. The quantitative estimate of drug-likeness (QED) is 0.484. The fraction of sp³-hybridized carbons (Fsp3) is 0.0769. The molecular formula is C26H20N2O3. The Kier molecular flexibility index (Phi) is 4.84. The van der Waals surface area contributed by atoms with E-state index >= 15 is 0 Å². The number of aromatic nitrogens is 1. The van der Waals surface area contributed by atoms with Gasteiger partial charge in [-0.25, -0.2) is 0 Å². The molecule has 0 spiro atoms. The van der Waals surface area contributed by atoms with Crippen LogP contribution in [0.5, 0.6) is 5.75 Å². The van der Waals surface area contributed by atoms with Crippen molar-refractivity contribution < 1.29 is 14.3 Å². The summed E-state index contributed by atoms with van der Waals surface area (Å²) in [6.07, 6.45) is 3.30. The van der Waals surface area contributed by atoms with Gasteiger partial charge in [0.2, 0.25) is 0 Å². The van der Waals surface area contributed by atoms with E-state index in [1.807, 2.05) is 72.9 Å². The highest BCUT2D eigenvalue weighted by Crippen LogP contribution is 2.32. The Balaban J connectivity index is 1.55. The molecule has 0 radical (unpaired) electrons. The average molecular weight is 408 g/mol. The highest BCUT2D eigenvalue weighted by atomic mass is 16.5. The Morgan fingerprint density at radius 2 is 1.55 bits per heavy atom. The van der Waals surface area contributed by atoms with Crippen LogP contribution in [0.2, 0.25) is 0 Å². The molecule has 0 unspecified atom stereocenters. The van der Waals surface area contributed by atoms with Crippen LogP contribution in [0.25, 0.3) is 16.5 Å². The van der Waals surface area contributed by atoms with E-state index in [0.717, 1.165) is 27.6 Å². The maximum absolute atomic E-state index is 12.4. The van der Waals surface area contributed by atoms with Gasteiger partial charge in [-0.05, 0) is 29.3 Å². The lowest BCUT2D eigenvalue weighted by atomic mass is 10.1. The van der Waals surface area contributed by atoms with Crippen molar-refractivity contribution in [2.45, 2.75) is 13.2 Å². The van der Waals surface area contributed by atoms with Crippen LogP contribution >= 0.6 is 0 Å². The summed E-state index contributed by atoms with van der Waals surface area (Å²) in [6.45, 7) is 1.11. The second kappa shape index (κ2) is 7.95. The highest BCUT2D eigenvalue weighted by Gasteiger charge is 2.25. The molecule has 31 heavy (non-hydrogen) atoms. The van der Waals surface area contributed by atoms with Gasteiger partial charge >= 0.3 is 0 Å². The summed E-state index contributed by atoms with van der Waals surface area (Å²) in [6, 6.07) is 25.9. The first-order valence-electron chi connectivity index (χ1n) is 10.1. The molecule has 5 heteroatoms. The first-order chi connectivity index (χ1) is 15.2. The molecule has 152 valence electrons. The van der Waals surface area contributed by atoms with Gasteiger partial charge in [-0.2, -0.15) is 0 Å². The van der Waals surface area contributed by atoms with E-state index in [9.17, 15) is 9.59 Å². The third-order valence-corrected chi connectivity index (χ3v) is 5.34. The molecule has 0 saturated carbocycles. The first kappa shape index (κ1) is 18.9. The van der Waals surface area contributed by atoms with Crippen LogP contribution in [0.3, 0.4) is 0 Å². The molecule has 5 rings (SSSR count). The zero-order valence-electron chi connectivity index (χ0n) is 16.7. The van der Waals surface area contributed by atoms with Gasteiger partial charge < -0.3 is 9.30 Å². The molecule has 2 heterocycles. The average Bonchev–Trinajstić information content (AvgIpc) is 3.32. The van der Waals surface area contributed by atoms with Gasteiger partial charge in [-0.1, -0.05) is 60.7 Å². The number of nitrogens with one attached hydrogen (secondary N) is 1. The number of nitrogens with zero attached hydrogens (tertiary/aromatic N) is 1. The van der Waals surface area contributed by atoms with Crippen LogP contribution in [0, 0.1) is 0 Å². The number of fused-ring (bicyclic) bond motifs is 1. The fourth-order valence-corrected chi connectivity index (χ4v) is 3.84. The number of ether oxygens (including phenoxy) is 1. The summed E-state index contributed by atoms with van der Waals surface area (Å²) < 4.78 is 8.09. The van der Waals surface area contributed by atoms with Gasteiger partial charge in [-0.3, -0.25) is 14.9 Å². The summed E-state index contributed by atoms with van der Waals surface area (Å²) in [5.41, 5.74) is 4.30. The lowest BCUT2D eigenvalue weighted by Crippen LogP contribution is -2.21. The summed E-state index contributed by atoms with van der Waals surface area (Å²) in [5.74, 6) is -0.0554. The summed E-state index contributed by atoms with van der Waals surface area (Å²) in [4.78, 5) is 24.1. The number of amides is 2. The molecule has 1 aliphatic rings. The molecule has 1 aliphatic heterocycles. The van der Waals surface area contributed by atoms with Crippen molar-refractivity contribution in [2.24, 2.45) is 0 Å². The summed E-state index contributed by atoms with van der Waals surface area (Å²) >= 11 is 0. The largest absolute Gasteiger partial charge is 0.489 e. The third-order valence-electron chi connectivity index (χ3n) is 5.34. The molecule has 1 N–H and O–H groups in total. The first-order valence-corrected chi connectivity index (χ1v) is 10.1. The van der Waals surface area contributed by atoms with Crippen molar-refractivity contribution in [1.82, 2.24) is 9.88 Å². The minimum atomic E-state index is -0.388. The molecule has 3 aromatic carbocycles. The van der Waals surface area contributed by atoms with Gasteiger partial charge in [0.1, 0.15) is 12.4 Å². The predicted octanol–water partition coefficient (Wildman–Crippen LogP) is 4.31. The van der Waals surface area contributed by atoms with Crippen LogP contribution in [0.15, 0.2) is 91.1 Å². The van der Waals surface area contributed by atoms with E-state index in [-0.39, 0.29) is 11.8 Å². The van der Waals surface area contributed by atoms with Gasteiger partial charge in [0.25, 0.3) is 11.8 Å². The molecule has 0 atom stereocenters. The maximum atomic E-state index is 12.4. The van der Waals surface area contributed by atoms with Crippen LogP contribution in [0.4, 0.5) is 0 Å². The molecule has 0 saturated heterocycles. The van der Waals surface area contributed by atoms with E-state index in [1.165, 1.54) is 6.08 Å². The number of carbonyl (C=O) groups excluding carboxylic acids is 2. The third kappa shape index (κ3) is 3.85. The van der Waals surface area contributed by atoms with Gasteiger partial charge in [0.15, 0.2) is 0 Å². The maximum Gasteiger partial charge on any atom is 0.258 e. The lowest BCUT2D eigenvalue weighted by molar-refractivity contribution is -0.123. The minimum Gasteiger partial charge on any atom is -0.489 e. The SMILES string of the molecule is O=C1C=C(c2cn(Cc3ccccc3)c3ccc(OCc4ccccc4)cc23)C(=O)N1. The number of hydrogen-bond acceptors (Lipinski definition) is 3. The van der Waals surface area contributed by atoms with Crippen molar-refractivity contribution in [1.29, 1.82) is 0 Å². The zero-order valence-corrected chi connectivity index (χ0v) is 16.7. The second-order valence-corrected chi connectivity index (χ2v) is 7.49.